The third-order valence-electron chi connectivity index (χ3n) is 3.65. The number of carbonyl (C=O) groups excluding carboxylic acids is 1. The lowest BCUT2D eigenvalue weighted by Gasteiger charge is -2.12. The van der Waals surface area contributed by atoms with Crippen molar-refractivity contribution in [3.8, 4) is 11.5 Å². The van der Waals surface area contributed by atoms with Crippen LogP contribution in [0.3, 0.4) is 0 Å². The topological polar surface area (TPSA) is 85.4 Å². The Morgan fingerprint density at radius 3 is 2.63 bits per heavy atom. The summed E-state index contributed by atoms with van der Waals surface area (Å²) in [6.45, 7) is 0. The van der Waals surface area contributed by atoms with Crippen molar-refractivity contribution in [3.05, 3.63) is 66.4 Å². The molecule has 0 atom stereocenters. The van der Waals surface area contributed by atoms with Crippen LogP contribution in [0.2, 0.25) is 0 Å². The van der Waals surface area contributed by atoms with Crippen LogP contribution in [0.1, 0.15) is 10.5 Å². The summed E-state index contributed by atoms with van der Waals surface area (Å²) in [5, 5.41) is 5.66. The number of anilines is 3. The molecular weight excluding hydrogens is 351 g/mol. The Hall–Kier alpha value is -3.68. The molecule has 0 unspecified atom stereocenters. The first-order valence-corrected chi connectivity index (χ1v) is 7.97. The predicted octanol–water partition coefficient (Wildman–Crippen LogP) is 3.63. The fourth-order valence-corrected chi connectivity index (χ4v) is 2.36. The molecule has 0 saturated carbocycles. The van der Waals surface area contributed by atoms with Gasteiger partial charge in [0.25, 0.3) is 5.91 Å². The van der Waals surface area contributed by atoms with Crippen molar-refractivity contribution in [2.24, 2.45) is 0 Å². The number of aromatic nitrogens is 2. The molecule has 27 heavy (non-hydrogen) atoms. The maximum Gasteiger partial charge on any atom is 0.274 e. The van der Waals surface area contributed by atoms with Gasteiger partial charge >= 0.3 is 0 Å². The van der Waals surface area contributed by atoms with Gasteiger partial charge in [0.15, 0.2) is 0 Å². The highest BCUT2D eigenvalue weighted by molar-refractivity contribution is 6.03. The number of hydrogen-bond donors (Lipinski definition) is 2. The van der Waals surface area contributed by atoms with Crippen LogP contribution in [0.5, 0.6) is 11.5 Å². The second-order valence-electron chi connectivity index (χ2n) is 5.44. The van der Waals surface area contributed by atoms with Gasteiger partial charge in [-0.15, -0.1) is 0 Å². The molecule has 0 bridgehead atoms. The van der Waals surface area contributed by atoms with E-state index in [1.807, 2.05) is 0 Å². The normalized spacial score (nSPS) is 10.2. The SMILES string of the molecule is COc1ccc(OC)c(Nc2cc(C(=O)Nc3cccc(F)c3)ncn2)c1. The van der Waals surface area contributed by atoms with E-state index < -0.39 is 11.7 Å². The van der Waals surface area contributed by atoms with E-state index in [0.717, 1.165) is 0 Å². The van der Waals surface area contributed by atoms with Gasteiger partial charge in [0.05, 0.1) is 19.9 Å². The number of carbonyl (C=O) groups is 1. The zero-order chi connectivity index (χ0) is 19.2. The Kier molecular flexibility index (Phi) is 5.46. The smallest absolute Gasteiger partial charge is 0.274 e. The monoisotopic (exact) mass is 368 g/mol. The first-order valence-electron chi connectivity index (χ1n) is 7.97. The summed E-state index contributed by atoms with van der Waals surface area (Å²) < 4.78 is 23.8. The summed E-state index contributed by atoms with van der Waals surface area (Å²) in [5.74, 6) is 0.684. The van der Waals surface area contributed by atoms with Crippen LogP contribution >= 0.6 is 0 Å². The van der Waals surface area contributed by atoms with Gasteiger partial charge in [-0.3, -0.25) is 4.79 Å². The van der Waals surface area contributed by atoms with Crippen LogP contribution in [-0.2, 0) is 0 Å². The lowest BCUT2D eigenvalue weighted by Crippen LogP contribution is -2.14. The fourth-order valence-electron chi connectivity index (χ4n) is 2.36. The molecule has 0 aliphatic carbocycles. The van der Waals surface area contributed by atoms with E-state index in [0.29, 0.717) is 28.7 Å². The van der Waals surface area contributed by atoms with Crippen molar-refractivity contribution >= 4 is 23.1 Å². The molecule has 138 valence electrons. The van der Waals surface area contributed by atoms with Gasteiger partial charge in [-0.25, -0.2) is 14.4 Å². The molecule has 1 heterocycles. The van der Waals surface area contributed by atoms with Crippen LogP contribution < -0.4 is 20.1 Å². The van der Waals surface area contributed by atoms with Gasteiger partial charge < -0.3 is 20.1 Å². The Morgan fingerprint density at radius 1 is 1.04 bits per heavy atom. The highest BCUT2D eigenvalue weighted by Crippen LogP contribution is 2.31. The van der Waals surface area contributed by atoms with Gasteiger partial charge in [0.1, 0.15) is 35.2 Å². The molecule has 8 heteroatoms. The van der Waals surface area contributed by atoms with E-state index >= 15 is 0 Å². The summed E-state index contributed by atoms with van der Waals surface area (Å²) in [7, 11) is 3.11. The highest BCUT2D eigenvalue weighted by atomic mass is 19.1. The van der Waals surface area contributed by atoms with Crippen molar-refractivity contribution < 1.29 is 18.7 Å². The van der Waals surface area contributed by atoms with Crippen LogP contribution in [-0.4, -0.2) is 30.1 Å². The Balaban J connectivity index is 1.80. The summed E-state index contributed by atoms with van der Waals surface area (Å²) in [5.41, 5.74) is 1.08. The molecule has 0 radical (unpaired) electrons. The molecule has 0 fully saturated rings. The third kappa shape index (κ3) is 4.49. The molecular formula is C19H17FN4O3. The highest BCUT2D eigenvalue weighted by Gasteiger charge is 2.11. The van der Waals surface area contributed by atoms with Gasteiger partial charge in [0, 0.05) is 17.8 Å². The Bertz CT molecular complexity index is 965. The van der Waals surface area contributed by atoms with Gasteiger partial charge in [-0.05, 0) is 30.3 Å². The van der Waals surface area contributed by atoms with Gasteiger partial charge in [-0.1, -0.05) is 6.07 Å². The Labute approximate surface area is 155 Å². The average Bonchev–Trinajstić information content (AvgIpc) is 2.68. The average molecular weight is 368 g/mol. The number of ether oxygens (including phenoxy) is 2. The maximum absolute atomic E-state index is 13.3. The molecule has 0 saturated heterocycles. The lowest BCUT2D eigenvalue weighted by molar-refractivity contribution is 0.102. The van der Waals surface area contributed by atoms with Crippen LogP contribution in [0.4, 0.5) is 21.6 Å². The van der Waals surface area contributed by atoms with E-state index in [4.69, 9.17) is 9.47 Å². The first kappa shape index (κ1) is 18.1. The van der Waals surface area contributed by atoms with Gasteiger partial charge in [-0.2, -0.15) is 0 Å². The molecule has 3 aromatic rings. The minimum atomic E-state index is -0.483. The first-order chi connectivity index (χ1) is 13.1. The standard InChI is InChI=1S/C19H17FN4O3/c1-26-14-6-7-17(27-2)15(9-14)24-18-10-16(21-11-22-18)19(25)23-13-5-3-4-12(20)8-13/h3-11H,1-2H3,(H,23,25)(H,21,22,24). The maximum atomic E-state index is 13.3. The second kappa shape index (κ2) is 8.13. The van der Waals surface area contributed by atoms with E-state index in [9.17, 15) is 9.18 Å². The summed E-state index contributed by atoms with van der Waals surface area (Å²) in [4.78, 5) is 20.4. The zero-order valence-corrected chi connectivity index (χ0v) is 14.7. The van der Waals surface area contributed by atoms with Crippen molar-refractivity contribution in [2.75, 3.05) is 24.9 Å². The predicted molar refractivity (Wildman–Crippen MR) is 99.2 cm³/mol. The molecule has 0 aliphatic rings. The molecule has 0 spiro atoms. The number of benzene rings is 2. The number of halogens is 1. The third-order valence-corrected chi connectivity index (χ3v) is 3.65. The molecule has 1 amide bonds. The number of nitrogens with one attached hydrogen (secondary N) is 2. The number of rotatable bonds is 6. The fraction of sp³-hybridized carbons (Fsp3) is 0.105. The molecule has 1 aromatic heterocycles. The summed E-state index contributed by atoms with van der Waals surface area (Å²) in [6.07, 6.45) is 1.26. The van der Waals surface area contributed by atoms with E-state index in [1.54, 1.807) is 38.5 Å². The van der Waals surface area contributed by atoms with Crippen molar-refractivity contribution in [1.29, 1.82) is 0 Å². The molecule has 2 aromatic carbocycles. The summed E-state index contributed by atoms with van der Waals surface area (Å²) >= 11 is 0. The van der Waals surface area contributed by atoms with Crippen LogP contribution in [0.15, 0.2) is 54.9 Å². The Morgan fingerprint density at radius 2 is 1.89 bits per heavy atom. The molecule has 2 N–H and O–H groups in total. The van der Waals surface area contributed by atoms with E-state index in [-0.39, 0.29) is 5.69 Å². The van der Waals surface area contributed by atoms with Crippen molar-refractivity contribution in [1.82, 2.24) is 9.97 Å². The van der Waals surface area contributed by atoms with Crippen molar-refractivity contribution in [3.63, 3.8) is 0 Å². The number of methoxy groups -OCH3 is 2. The lowest BCUT2D eigenvalue weighted by atomic mass is 10.2. The largest absolute Gasteiger partial charge is 0.497 e. The van der Waals surface area contributed by atoms with Crippen LogP contribution in [0.25, 0.3) is 0 Å². The minimum absolute atomic E-state index is 0.124. The molecule has 0 aliphatic heterocycles. The number of nitrogens with zero attached hydrogens (tertiary/aromatic N) is 2. The summed E-state index contributed by atoms with van der Waals surface area (Å²) in [6, 6.07) is 12.3. The van der Waals surface area contributed by atoms with Gasteiger partial charge in [0.2, 0.25) is 0 Å². The number of amides is 1. The number of hydrogen-bond acceptors (Lipinski definition) is 6. The van der Waals surface area contributed by atoms with E-state index in [2.05, 4.69) is 20.6 Å². The second-order valence-corrected chi connectivity index (χ2v) is 5.44. The minimum Gasteiger partial charge on any atom is -0.497 e. The van der Waals surface area contributed by atoms with Crippen molar-refractivity contribution in [2.45, 2.75) is 0 Å². The zero-order valence-electron chi connectivity index (χ0n) is 14.7. The van der Waals surface area contributed by atoms with E-state index in [1.165, 1.54) is 30.6 Å². The molecule has 3 rings (SSSR count). The quantitative estimate of drug-likeness (QED) is 0.691. The van der Waals surface area contributed by atoms with Crippen LogP contribution in [0, 0.1) is 5.82 Å². The molecule has 7 nitrogen and oxygen atoms in total.